The number of anilines is 1. The molecule has 1 aliphatic rings. The van der Waals surface area contributed by atoms with Crippen LogP contribution in [-0.4, -0.2) is 58.6 Å². The largest absolute Gasteiger partial charge is 0.457 e. The Morgan fingerprint density at radius 1 is 0.826 bits per heavy atom. The molecule has 46 heavy (non-hydrogen) atoms. The van der Waals surface area contributed by atoms with Crippen LogP contribution in [0.5, 0.6) is 11.5 Å². The first-order chi connectivity index (χ1) is 22.4. The topological polar surface area (TPSA) is 95.9 Å². The number of rotatable bonds is 21. The number of nitrogens with zero attached hydrogens (tertiary/aromatic N) is 4. The van der Waals surface area contributed by atoms with E-state index >= 15 is 0 Å². The molecular weight excluding hydrogens is 617 g/mol. The van der Waals surface area contributed by atoms with Gasteiger partial charge in [0.1, 0.15) is 17.6 Å². The maximum atomic E-state index is 13.1. The number of aliphatic hydroxyl groups is 1. The van der Waals surface area contributed by atoms with Crippen LogP contribution in [0.4, 0.5) is 5.13 Å². The van der Waals surface area contributed by atoms with Crippen LogP contribution in [0, 0.1) is 0 Å². The number of hydrogen-bond acceptors (Lipinski definition) is 8. The molecule has 254 valence electrons. The van der Waals surface area contributed by atoms with Gasteiger partial charge in [-0.1, -0.05) is 121 Å². The van der Waals surface area contributed by atoms with Gasteiger partial charge in [-0.05, 0) is 43.2 Å². The second-order valence-corrected chi connectivity index (χ2v) is 15.5. The molecule has 10 heteroatoms. The number of aromatic nitrogens is 2. The third kappa shape index (κ3) is 11.6. The summed E-state index contributed by atoms with van der Waals surface area (Å²) in [6.45, 7) is 5.71. The minimum Gasteiger partial charge on any atom is -0.457 e. The highest BCUT2D eigenvalue weighted by Crippen LogP contribution is 2.30. The van der Waals surface area contributed by atoms with E-state index in [4.69, 9.17) is 4.74 Å². The lowest BCUT2D eigenvalue weighted by Gasteiger charge is -2.38. The molecule has 1 N–H and O–H groups in total. The Bertz CT molecular complexity index is 1370. The van der Waals surface area contributed by atoms with Crippen molar-refractivity contribution in [2.75, 3.05) is 30.3 Å². The van der Waals surface area contributed by atoms with Gasteiger partial charge in [-0.3, -0.25) is 0 Å². The number of hydrogen-bond donors (Lipinski definition) is 1. The molecule has 8 nitrogen and oxygen atoms in total. The number of unbranched alkanes of at least 4 members (excludes halogenated alkanes) is 13. The van der Waals surface area contributed by atoms with E-state index in [1.54, 1.807) is 4.31 Å². The number of piperazine rings is 1. The lowest BCUT2D eigenvalue weighted by atomic mass is 10.0. The monoisotopic (exact) mass is 670 g/mol. The lowest BCUT2D eigenvalue weighted by Crippen LogP contribution is -2.54. The highest BCUT2D eigenvalue weighted by atomic mass is 32.2. The summed E-state index contributed by atoms with van der Waals surface area (Å²) in [6.07, 6.45) is 16.6. The van der Waals surface area contributed by atoms with Crippen molar-refractivity contribution >= 4 is 26.7 Å². The molecule has 0 bridgehead atoms. The van der Waals surface area contributed by atoms with Crippen LogP contribution in [0.25, 0.3) is 0 Å². The molecule has 1 aromatic heterocycles. The Morgan fingerprint density at radius 3 is 1.98 bits per heavy atom. The van der Waals surface area contributed by atoms with Crippen LogP contribution in [0.1, 0.15) is 121 Å². The van der Waals surface area contributed by atoms with E-state index < -0.39 is 16.1 Å². The first kappa shape index (κ1) is 36.3. The van der Waals surface area contributed by atoms with Gasteiger partial charge in [-0.25, -0.2) is 13.4 Å². The molecule has 1 aliphatic heterocycles. The minimum atomic E-state index is -3.28. The second kappa shape index (κ2) is 19.3. The predicted molar refractivity (Wildman–Crippen MR) is 189 cm³/mol. The minimum absolute atomic E-state index is 0.0350. The molecule has 2 aromatic carbocycles. The molecule has 0 amide bonds. The van der Waals surface area contributed by atoms with Gasteiger partial charge in [-0.15, -0.1) is 0 Å². The Hall–Kier alpha value is -2.53. The van der Waals surface area contributed by atoms with Crippen LogP contribution in [0.15, 0.2) is 54.6 Å². The van der Waals surface area contributed by atoms with Crippen molar-refractivity contribution in [2.24, 2.45) is 0 Å². The van der Waals surface area contributed by atoms with Gasteiger partial charge in [0.05, 0.1) is 5.75 Å². The van der Waals surface area contributed by atoms with E-state index in [0.29, 0.717) is 41.9 Å². The molecule has 2 heterocycles. The molecule has 1 saturated heterocycles. The summed E-state index contributed by atoms with van der Waals surface area (Å²) in [5.74, 6) is 2.00. The number of benzene rings is 2. The first-order valence-electron chi connectivity index (χ1n) is 17.5. The molecule has 3 aromatic rings. The summed E-state index contributed by atoms with van der Waals surface area (Å²) in [5.41, 5.74) is 0.678. The third-order valence-corrected chi connectivity index (χ3v) is 11.5. The molecule has 0 radical (unpaired) electrons. The Kier molecular flexibility index (Phi) is 15.3. The summed E-state index contributed by atoms with van der Waals surface area (Å²) in [5, 5.41) is 11.7. The second-order valence-electron chi connectivity index (χ2n) is 12.6. The normalized spacial score (nSPS) is 16.5. The van der Waals surface area contributed by atoms with Crippen molar-refractivity contribution in [1.29, 1.82) is 0 Å². The van der Waals surface area contributed by atoms with Crippen LogP contribution in [0.2, 0.25) is 0 Å². The van der Waals surface area contributed by atoms with E-state index in [1.807, 2.05) is 61.5 Å². The first-order valence-corrected chi connectivity index (χ1v) is 19.8. The fraction of sp³-hybridized carbons (Fsp3) is 0.611. The number of ether oxygens (including phenoxy) is 1. The Labute approximate surface area is 281 Å². The zero-order chi connectivity index (χ0) is 32.6. The smallest absolute Gasteiger partial charge is 0.214 e. The molecule has 0 aliphatic carbocycles. The zero-order valence-corrected chi connectivity index (χ0v) is 29.5. The van der Waals surface area contributed by atoms with Crippen molar-refractivity contribution in [3.8, 4) is 11.5 Å². The van der Waals surface area contributed by atoms with Crippen LogP contribution in [-0.2, 0) is 10.0 Å². The average molecular weight is 671 g/mol. The maximum Gasteiger partial charge on any atom is 0.214 e. The number of sulfonamides is 1. The fourth-order valence-electron chi connectivity index (χ4n) is 6.02. The van der Waals surface area contributed by atoms with Gasteiger partial charge >= 0.3 is 0 Å². The fourth-order valence-corrected chi connectivity index (χ4v) is 8.47. The lowest BCUT2D eigenvalue weighted by molar-refractivity contribution is 0.211. The highest BCUT2D eigenvalue weighted by molar-refractivity contribution is 7.89. The zero-order valence-electron chi connectivity index (χ0n) is 27.9. The third-order valence-electron chi connectivity index (χ3n) is 8.84. The van der Waals surface area contributed by atoms with Crippen molar-refractivity contribution in [2.45, 2.75) is 116 Å². The number of aliphatic hydroxyl groups excluding tert-OH is 1. The van der Waals surface area contributed by atoms with Gasteiger partial charge in [-0.2, -0.15) is 8.68 Å². The summed E-state index contributed by atoms with van der Waals surface area (Å²) in [7, 11) is -3.28. The average Bonchev–Trinajstić information content (AvgIpc) is 3.55. The maximum absolute atomic E-state index is 13.1. The van der Waals surface area contributed by atoms with Crippen molar-refractivity contribution < 1.29 is 18.3 Å². The van der Waals surface area contributed by atoms with E-state index in [9.17, 15) is 13.5 Å². The van der Waals surface area contributed by atoms with Crippen LogP contribution >= 0.6 is 11.5 Å². The van der Waals surface area contributed by atoms with Crippen LogP contribution in [0.3, 0.4) is 0 Å². The van der Waals surface area contributed by atoms with E-state index in [1.165, 1.54) is 82.2 Å². The molecule has 1 fully saturated rings. The van der Waals surface area contributed by atoms with Gasteiger partial charge in [0, 0.05) is 37.2 Å². The van der Waals surface area contributed by atoms with Crippen molar-refractivity contribution in [3.63, 3.8) is 0 Å². The Balaban J connectivity index is 1.13. The molecular formula is C36H54N4O4S2. The molecule has 2 atom stereocenters. The Morgan fingerprint density at radius 2 is 1.39 bits per heavy atom. The molecule has 0 spiro atoms. The van der Waals surface area contributed by atoms with Gasteiger partial charge in [0.25, 0.3) is 0 Å². The van der Waals surface area contributed by atoms with Crippen molar-refractivity contribution in [1.82, 2.24) is 13.7 Å². The summed E-state index contributed by atoms with van der Waals surface area (Å²) in [6, 6.07) is 16.8. The van der Waals surface area contributed by atoms with Crippen LogP contribution < -0.4 is 9.64 Å². The van der Waals surface area contributed by atoms with Gasteiger partial charge < -0.3 is 14.7 Å². The summed E-state index contributed by atoms with van der Waals surface area (Å²) < 4.78 is 38.1. The molecule has 4 rings (SSSR count). The van der Waals surface area contributed by atoms with E-state index in [0.717, 1.165) is 25.0 Å². The number of para-hydroxylation sites is 1. The van der Waals surface area contributed by atoms with E-state index in [-0.39, 0.29) is 11.8 Å². The molecule has 0 saturated carbocycles. The summed E-state index contributed by atoms with van der Waals surface area (Å²) >= 11 is 1.24. The highest BCUT2D eigenvalue weighted by Gasteiger charge is 2.32. The predicted octanol–water partition coefficient (Wildman–Crippen LogP) is 8.73. The summed E-state index contributed by atoms with van der Waals surface area (Å²) in [4.78, 5) is 6.74. The van der Waals surface area contributed by atoms with E-state index in [2.05, 4.69) is 21.2 Å². The quantitative estimate of drug-likeness (QED) is 0.113. The van der Waals surface area contributed by atoms with Gasteiger partial charge in [0.15, 0.2) is 5.82 Å². The SMILES string of the molecule is CCCCCCCCCCCCCCCCS(=O)(=O)N1CCN(c2nc(C(O)c3ccc(Oc4ccccc4)cc3)ns2)C(C)C1. The molecule has 2 unspecified atom stereocenters. The van der Waals surface area contributed by atoms with Gasteiger partial charge in [0.2, 0.25) is 15.2 Å². The standard InChI is InChI=1S/C36H54N4O4S2/c1-3-4-5-6-7-8-9-10-11-12-13-14-15-19-28-46(42,43)39-26-27-40(30(2)29-39)36-37-35(38-45-36)34(41)31-22-24-33(25-23-31)44-32-20-17-16-18-21-32/h16-18,20-25,30,34,41H,3-15,19,26-29H2,1-2H3. The van der Waals surface area contributed by atoms with Crippen molar-refractivity contribution in [3.05, 3.63) is 66.0 Å².